The Morgan fingerprint density at radius 1 is 1.14 bits per heavy atom. The van der Waals surface area contributed by atoms with E-state index in [1.165, 1.54) is 19.3 Å². The number of carbonyl (C=O) groups is 1. The number of aromatic nitrogens is 2. The van der Waals surface area contributed by atoms with Crippen molar-refractivity contribution in [3.05, 3.63) is 11.7 Å². The number of nitrogens with zero attached hydrogens (tertiary/aromatic N) is 4. The summed E-state index contributed by atoms with van der Waals surface area (Å²) in [6.07, 6.45) is 5.69. The zero-order chi connectivity index (χ0) is 19.9. The molecule has 2 heterocycles. The maximum Gasteiger partial charge on any atom is 0.232 e. The number of rotatable bonds is 3. The lowest BCUT2D eigenvalue weighted by atomic mass is 9.65. The van der Waals surface area contributed by atoms with Crippen molar-refractivity contribution in [1.82, 2.24) is 19.9 Å². The molecule has 3 fully saturated rings. The van der Waals surface area contributed by atoms with E-state index < -0.39 is 0 Å². The second-order valence-electron chi connectivity index (χ2n) is 10.1. The smallest absolute Gasteiger partial charge is 0.232 e. The summed E-state index contributed by atoms with van der Waals surface area (Å²) < 4.78 is 5.39. The highest BCUT2D eigenvalue weighted by Crippen LogP contribution is 2.42. The van der Waals surface area contributed by atoms with E-state index in [0.29, 0.717) is 36.2 Å². The Balaban J connectivity index is 1.28. The Morgan fingerprint density at radius 2 is 1.79 bits per heavy atom. The van der Waals surface area contributed by atoms with Crippen LogP contribution < -0.4 is 5.73 Å². The van der Waals surface area contributed by atoms with Crippen LogP contribution in [0.25, 0.3) is 0 Å². The van der Waals surface area contributed by atoms with Crippen molar-refractivity contribution in [3.63, 3.8) is 0 Å². The average Bonchev–Trinajstić information content (AvgIpc) is 3.10. The van der Waals surface area contributed by atoms with Gasteiger partial charge in [-0.05, 0) is 37.5 Å². The molecule has 7 heteroatoms. The van der Waals surface area contributed by atoms with E-state index in [2.05, 4.69) is 40.7 Å². The molecule has 1 amide bonds. The molecule has 2 atom stereocenters. The molecule has 1 aromatic heterocycles. The van der Waals surface area contributed by atoms with Crippen LogP contribution in [-0.4, -0.2) is 58.1 Å². The summed E-state index contributed by atoms with van der Waals surface area (Å²) in [7, 11) is 0. The molecule has 0 aromatic carbocycles. The molecule has 2 unspecified atom stereocenters. The second-order valence-corrected chi connectivity index (χ2v) is 10.1. The number of hydrogen-bond donors (Lipinski definition) is 1. The van der Waals surface area contributed by atoms with Gasteiger partial charge in [-0.2, -0.15) is 4.98 Å². The summed E-state index contributed by atoms with van der Waals surface area (Å²) in [5, 5.41) is 4.12. The largest absolute Gasteiger partial charge is 0.340 e. The quantitative estimate of drug-likeness (QED) is 0.852. The minimum absolute atomic E-state index is 0.128. The van der Waals surface area contributed by atoms with Gasteiger partial charge in [-0.3, -0.25) is 9.69 Å². The maximum atomic E-state index is 13.1. The van der Waals surface area contributed by atoms with Crippen LogP contribution >= 0.6 is 0 Å². The minimum atomic E-state index is -0.128. The van der Waals surface area contributed by atoms with Crippen LogP contribution in [-0.2, 0) is 16.8 Å². The van der Waals surface area contributed by atoms with Gasteiger partial charge in [0.25, 0.3) is 0 Å². The molecule has 0 spiro atoms. The normalized spacial score (nSPS) is 31.8. The van der Waals surface area contributed by atoms with Gasteiger partial charge in [-0.1, -0.05) is 32.3 Å². The SMILES string of the molecule is CC(C)(C)c1nc(CN2CCN(C(=O)C3CC4CCCC(C3)C4N)CC2)no1. The van der Waals surface area contributed by atoms with E-state index in [0.717, 1.165) is 44.8 Å². The fourth-order valence-electron chi connectivity index (χ4n) is 5.20. The number of amides is 1. The molecule has 2 aliphatic carbocycles. The van der Waals surface area contributed by atoms with Crippen LogP contribution in [0, 0.1) is 17.8 Å². The van der Waals surface area contributed by atoms with Gasteiger partial charge in [0.1, 0.15) is 0 Å². The van der Waals surface area contributed by atoms with Crippen molar-refractivity contribution in [2.75, 3.05) is 26.2 Å². The summed E-state index contributed by atoms with van der Waals surface area (Å²) >= 11 is 0. The van der Waals surface area contributed by atoms with Gasteiger partial charge in [-0.15, -0.1) is 0 Å². The number of carbonyl (C=O) groups excluding carboxylic acids is 1. The first kappa shape index (κ1) is 19.8. The predicted octanol–water partition coefficient (Wildman–Crippen LogP) is 2.16. The third-order valence-electron chi connectivity index (χ3n) is 6.92. The van der Waals surface area contributed by atoms with Crippen LogP contribution in [0.4, 0.5) is 0 Å². The lowest BCUT2D eigenvalue weighted by Crippen LogP contribution is -2.53. The minimum Gasteiger partial charge on any atom is -0.340 e. The lowest BCUT2D eigenvalue weighted by molar-refractivity contribution is -0.140. The van der Waals surface area contributed by atoms with Gasteiger partial charge in [0.2, 0.25) is 11.8 Å². The molecule has 2 bridgehead atoms. The van der Waals surface area contributed by atoms with Gasteiger partial charge in [0.15, 0.2) is 5.82 Å². The second kappa shape index (κ2) is 7.75. The Labute approximate surface area is 168 Å². The third-order valence-corrected chi connectivity index (χ3v) is 6.92. The number of nitrogens with two attached hydrogens (primary N) is 1. The first-order valence-electron chi connectivity index (χ1n) is 10.9. The average molecular weight is 390 g/mol. The van der Waals surface area contributed by atoms with Gasteiger partial charge >= 0.3 is 0 Å². The highest BCUT2D eigenvalue weighted by Gasteiger charge is 2.42. The first-order chi connectivity index (χ1) is 13.3. The molecule has 28 heavy (non-hydrogen) atoms. The van der Waals surface area contributed by atoms with Crippen molar-refractivity contribution < 1.29 is 9.32 Å². The van der Waals surface area contributed by atoms with Crippen molar-refractivity contribution >= 4 is 5.91 Å². The molecule has 2 N–H and O–H groups in total. The van der Waals surface area contributed by atoms with Crippen molar-refractivity contribution in [3.8, 4) is 0 Å². The zero-order valence-corrected chi connectivity index (χ0v) is 17.6. The topological polar surface area (TPSA) is 88.5 Å². The Hall–Kier alpha value is -1.47. The fourth-order valence-corrected chi connectivity index (χ4v) is 5.20. The molecule has 7 nitrogen and oxygen atoms in total. The molecule has 1 aliphatic heterocycles. The standard InChI is InChI=1S/C21H35N5O2/c1-21(2,3)20-23-17(24-28-20)13-25-7-9-26(10-8-25)19(27)16-11-14-5-4-6-15(12-16)18(14)22/h14-16,18H,4-13,22H2,1-3H3. The maximum absolute atomic E-state index is 13.1. The molecule has 156 valence electrons. The van der Waals surface area contributed by atoms with Gasteiger partial charge in [0, 0.05) is 43.6 Å². The third kappa shape index (κ3) is 4.10. The van der Waals surface area contributed by atoms with Gasteiger partial charge < -0.3 is 15.2 Å². The lowest BCUT2D eigenvalue weighted by Gasteiger charge is -2.45. The Kier molecular flexibility index (Phi) is 5.49. The molecule has 3 aliphatic rings. The van der Waals surface area contributed by atoms with E-state index in [1.807, 2.05) is 0 Å². The van der Waals surface area contributed by atoms with Crippen LogP contribution in [0.15, 0.2) is 4.52 Å². The van der Waals surface area contributed by atoms with Crippen LogP contribution in [0.2, 0.25) is 0 Å². The zero-order valence-electron chi connectivity index (χ0n) is 17.6. The van der Waals surface area contributed by atoms with E-state index in [9.17, 15) is 4.79 Å². The molecule has 4 rings (SSSR count). The summed E-state index contributed by atoms with van der Waals surface area (Å²) in [5.74, 6) is 3.07. The van der Waals surface area contributed by atoms with Gasteiger partial charge in [0.05, 0.1) is 6.54 Å². The molecular formula is C21H35N5O2. The van der Waals surface area contributed by atoms with E-state index in [1.54, 1.807) is 0 Å². The molecule has 0 radical (unpaired) electrons. The van der Waals surface area contributed by atoms with Crippen molar-refractivity contribution in [2.24, 2.45) is 23.5 Å². The summed E-state index contributed by atoms with van der Waals surface area (Å²) in [6, 6.07) is 0.322. The highest BCUT2D eigenvalue weighted by atomic mass is 16.5. The van der Waals surface area contributed by atoms with Gasteiger partial charge in [-0.25, -0.2) is 0 Å². The van der Waals surface area contributed by atoms with Crippen LogP contribution in [0.3, 0.4) is 0 Å². The van der Waals surface area contributed by atoms with Crippen molar-refractivity contribution in [1.29, 1.82) is 0 Å². The number of fused-ring (bicyclic) bond motifs is 2. The monoisotopic (exact) mass is 389 g/mol. The van der Waals surface area contributed by atoms with Crippen LogP contribution in [0.5, 0.6) is 0 Å². The predicted molar refractivity (Wildman–Crippen MR) is 106 cm³/mol. The van der Waals surface area contributed by atoms with Crippen molar-refractivity contribution in [2.45, 2.75) is 70.9 Å². The number of hydrogen-bond acceptors (Lipinski definition) is 6. The molecular weight excluding hydrogens is 354 g/mol. The van der Waals surface area contributed by atoms with E-state index >= 15 is 0 Å². The summed E-state index contributed by atoms with van der Waals surface area (Å²) in [4.78, 5) is 22.0. The number of piperazine rings is 1. The summed E-state index contributed by atoms with van der Waals surface area (Å²) in [6.45, 7) is 10.2. The molecule has 2 saturated carbocycles. The Morgan fingerprint density at radius 3 is 2.36 bits per heavy atom. The Bertz CT molecular complexity index is 675. The van der Waals surface area contributed by atoms with E-state index in [4.69, 9.17) is 10.3 Å². The molecule has 1 aromatic rings. The fraction of sp³-hybridized carbons (Fsp3) is 0.857. The van der Waals surface area contributed by atoms with E-state index in [-0.39, 0.29) is 11.3 Å². The highest BCUT2D eigenvalue weighted by molar-refractivity contribution is 5.79. The summed E-state index contributed by atoms with van der Waals surface area (Å²) in [5.41, 5.74) is 6.27. The van der Waals surface area contributed by atoms with Crippen LogP contribution in [0.1, 0.15) is 64.6 Å². The molecule has 1 saturated heterocycles. The first-order valence-corrected chi connectivity index (χ1v) is 10.9.